The number of nitrogens with zero attached hydrogens (tertiary/aromatic N) is 3. The van der Waals surface area contributed by atoms with Crippen molar-refractivity contribution in [2.45, 2.75) is 0 Å². The van der Waals surface area contributed by atoms with Crippen LogP contribution in [0.1, 0.15) is 0 Å². The van der Waals surface area contributed by atoms with Crippen molar-refractivity contribution in [1.82, 2.24) is 15.0 Å². The molecule has 1 radical (unpaired) electrons. The quantitative estimate of drug-likeness (QED) is 0.600. The van der Waals surface area contributed by atoms with Gasteiger partial charge in [0.1, 0.15) is 12.0 Å². The Balaban J connectivity index is 2.46. The predicted octanol–water partition coefficient (Wildman–Crippen LogP) is 0.932. The highest BCUT2D eigenvalue weighted by molar-refractivity contribution is 5.44. The highest BCUT2D eigenvalue weighted by Gasteiger charge is 2.00. The van der Waals surface area contributed by atoms with E-state index in [0.717, 1.165) is 0 Å². The molecule has 0 unspecified atom stereocenters. The molecule has 0 aliphatic carbocycles. The second-order valence-corrected chi connectivity index (χ2v) is 1.88. The minimum Gasteiger partial charge on any atom is -0.451 e. The van der Waals surface area contributed by atoms with E-state index in [-0.39, 0.29) is 0 Å². The zero-order valence-electron chi connectivity index (χ0n) is 5.56. The van der Waals surface area contributed by atoms with Gasteiger partial charge in [-0.25, -0.2) is 15.0 Å². The molecule has 4 heteroatoms. The van der Waals surface area contributed by atoms with Crippen molar-refractivity contribution in [2.75, 3.05) is 0 Å². The molecule has 0 spiro atoms. The summed E-state index contributed by atoms with van der Waals surface area (Å²) in [6.07, 6.45) is 5.92. The van der Waals surface area contributed by atoms with Crippen LogP contribution in [0.15, 0.2) is 29.5 Å². The van der Waals surface area contributed by atoms with Gasteiger partial charge in [0.25, 0.3) is 0 Å². The molecule has 0 atom stereocenters. The minimum absolute atomic E-state index is 0.553. The number of oxazole rings is 1. The monoisotopic (exact) mass is 146 g/mol. The number of hydrogen-bond acceptors (Lipinski definition) is 4. The van der Waals surface area contributed by atoms with Gasteiger partial charge < -0.3 is 4.42 Å². The van der Waals surface area contributed by atoms with E-state index in [1.807, 2.05) is 0 Å². The molecule has 0 fully saturated rings. The fourth-order valence-electron chi connectivity index (χ4n) is 0.719. The van der Waals surface area contributed by atoms with Gasteiger partial charge in [-0.3, -0.25) is 0 Å². The highest BCUT2D eigenvalue weighted by Crippen LogP contribution is 2.08. The Hall–Kier alpha value is -1.71. The normalized spacial score (nSPS) is 9.82. The SMILES string of the molecule is [c]1cnc(-c2cocn2)nc1. The van der Waals surface area contributed by atoms with E-state index in [0.29, 0.717) is 11.5 Å². The Kier molecular flexibility index (Phi) is 1.37. The van der Waals surface area contributed by atoms with Gasteiger partial charge in [-0.15, -0.1) is 0 Å². The number of hydrogen-bond donors (Lipinski definition) is 0. The van der Waals surface area contributed by atoms with Crippen LogP contribution in [0.2, 0.25) is 0 Å². The molecule has 0 saturated heterocycles. The van der Waals surface area contributed by atoms with Crippen molar-refractivity contribution < 1.29 is 4.42 Å². The zero-order valence-corrected chi connectivity index (χ0v) is 5.56. The molecule has 53 valence electrons. The van der Waals surface area contributed by atoms with Gasteiger partial charge in [0.05, 0.1) is 0 Å². The van der Waals surface area contributed by atoms with Crippen molar-refractivity contribution in [3.8, 4) is 11.5 Å². The summed E-state index contributed by atoms with van der Waals surface area (Å²) in [5, 5.41) is 0. The molecule has 0 aliphatic heterocycles. The van der Waals surface area contributed by atoms with Crippen LogP contribution in [0.4, 0.5) is 0 Å². The molecule has 0 N–H and O–H groups in total. The van der Waals surface area contributed by atoms with Crippen molar-refractivity contribution in [3.63, 3.8) is 0 Å². The molecule has 0 aromatic carbocycles. The Morgan fingerprint density at radius 1 is 1.18 bits per heavy atom. The first-order chi connectivity index (χ1) is 5.47. The van der Waals surface area contributed by atoms with Crippen LogP contribution in [0.5, 0.6) is 0 Å². The lowest BCUT2D eigenvalue weighted by Crippen LogP contribution is -1.85. The van der Waals surface area contributed by atoms with Crippen LogP contribution in [-0.4, -0.2) is 15.0 Å². The second kappa shape index (κ2) is 2.49. The predicted molar refractivity (Wildman–Crippen MR) is 36.4 cm³/mol. The lowest BCUT2D eigenvalue weighted by molar-refractivity contribution is 0.558. The van der Waals surface area contributed by atoms with Gasteiger partial charge in [-0.05, 0) is 0 Å². The van der Waals surface area contributed by atoms with E-state index in [1.54, 1.807) is 0 Å². The molecule has 0 bridgehead atoms. The maximum Gasteiger partial charge on any atom is 0.181 e. The molecule has 2 rings (SSSR count). The van der Waals surface area contributed by atoms with Crippen LogP contribution < -0.4 is 0 Å². The average molecular weight is 146 g/mol. The second-order valence-electron chi connectivity index (χ2n) is 1.88. The molecule has 2 aromatic heterocycles. The first-order valence-electron chi connectivity index (χ1n) is 3.03. The molecule has 0 amide bonds. The van der Waals surface area contributed by atoms with Gasteiger partial charge >= 0.3 is 0 Å². The van der Waals surface area contributed by atoms with Crippen LogP contribution in [0, 0.1) is 6.07 Å². The molecule has 4 nitrogen and oxygen atoms in total. The largest absolute Gasteiger partial charge is 0.451 e. The van der Waals surface area contributed by atoms with E-state index in [4.69, 9.17) is 4.42 Å². The molecule has 2 aromatic rings. The van der Waals surface area contributed by atoms with Crippen LogP contribution in [0.3, 0.4) is 0 Å². The van der Waals surface area contributed by atoms with Gasteiger partial charge in [0, 0.05) is 18.5 Å². The van der Waals surface area contributed by atoms with Gasteiger partial charge in [0.15, 0.2) is 12.2 Å². The van der Waals surface area contributed by atoms with Crippen molar-refractivity contribution >= 4 is 0 Å². The topological polar surface area (TPSA) is 51.8 Å². The van der Waals surface area contributed by atoms with E-state index >= 15 is 0 Å². The Labute approximate surface area is 62.9 Å². The highest BCUT2D eigenvalue weighted by atomic mass is 16.3. The smallest absolute Gasteiger partial charge is 0.181 e. The minimum atomic E-state index is 0.553. The molecule has 0 saturated carbocycles. The molecule has 2 heterocycles. The van der Waals surface area contributed by atoms with E-state index in [2.05, 4.69) is 21.0 Å². The Morgan fingerprint density at radius 2 is 2.00 bits per heavy atom. The summed E-state index contributed by atoms with van der Waals surface area (Å²) < 4.78 is 4.77. The first-order valence-corrected chi connectivity index (χ1v) is 3.03. The fourth-order valence-corrected chi connectivity index (χ4v) is 0.719. The van der Waals surface area contributed by atoms with E-state index < -0.39 is 0 Å². The summed E-state index contributed by atoms with van der Waals surface area (Å²) in [4.78, 5) is 11.7. The molecular formula is C7H4N3O. The first kappa shape index (κ1) is 6.03. The van der Waals surface area contributed by atoms with E-state index in [9.17, 15) is 0 Å². The van der Waals surface area contributed by atoms with E-state index in [1.165, 1.54) is 25.1 Å². The van der Waals surface area contributed by atoms with Gasteiger partial charge in [-0.1, -0.05) is 0 Å². The van der Waals surface area contributed by atoms with Crippen LogP contribution in [0.25, 0.3) is 11.5 Å². The van der Waals surface area contributed by atoms with Crippen molar-refractivity contribution in [1.29, 1.82) is 0 Å². The molecule has 0 aliphatic rings. The molecule has 11 heavy (non-hydrogen) atoms. The van der Waals surface area contributed by atoms with Crippen LogP contribution >= 0.6 is 0 Å². The zero-order chi connectivity index (χ0) is 7.52. The van der Waals surface area contributed by atoms with Crippen molar-refractivity contribution in [2.24, 2.45) is 0 Å². The third kappa shape index (κ3) is 1.10. The van der Waals surface area contributed by atoms with Crippen LogP contribution in [-0.2, 0) is 0 Å². The van der Waals surface area contributed by atoms with Crippen molar-refractivity contribution in [3.05, 3.63) is 31.1 Å². The number of aromatic nitrogens is 3. The molecular weight excluding hydrogens is 142 g/mol. The third-order valence-corrected chi connectivity index (χ3v) is 1.18. The lowest BCUT2D eigenvalue weighted by Gasteiger charge is -1.88. The summed E-state index contributed by atoms with van der Waals surface area (Å²) >= 11 is 0. The summed E-state index contributed by atoms with van der Waals surface area (Å²) in [5.41, 5.74) is 0.638. The standard InChI is InChI=1S/C7H4N3O/c1-2-8-7(9-3-1)6-4-11-5-10-6/h2-5H. The maximum atomic E-state index is 4.77. The summed E-state index contributed by atoms with van der Waals surface area (Å²) in [6, 6.07) is 2.71. The Bertz CT molecular complexity index is 317. The fraction of sp³-hybridized carbons (Fsp3) is 0. The number of rotatable bonds is 1. The summed E-state index contributed by atoms with van der Waals surface area (Å²) in [5.74, 6) is 0.553. The third-order valence-electron chi connectivity index (χ3n) is 1.18. The average Bonchev–Trinajstić information content (AvgIpc) is 2.58. The summed E-state index contributed by atoms with van der Waals surface area (Å²) in [7, 11) is 0. The summed E-state index contributed by atoms with van der Waals surface area (Å²) in [6.45, 7) is 0. The maximum absolute atomic E-state index is 4.77. The van der Waals surface area contributed by atoms with Gasteiger partial charge in [-0.2, -0.15) is 0 Å². The van der Waals surface area contributed by atoms with Gasteiger partial charge in [0.2, 0.25) is 0 Å². The lowest BCUT2D eigenvalue weighted by atomic mass is 10.4. The Morgan fingerprint density at radius 3 is 2.64 bits per heavy atom.